The fourth-order valence-corrected chi connectivity index (χ4v) is 2.43. The highest BCUT2D eigenvalue weighted by molar-refractivity contribution is 7.89. The Balaban J connectivity index is 1.98. The largest absolute Gasteiger partial charge is 0.484 e. The van der Waals surface area contributed by atoms with Gasteiger partial charge in [-0.3, -0.25) is 4.79 Å². The summed E-state index contributed by atoms with van der Waals surface area (Å²) in [5, 5.41) is 3.64. The second-order valence-corrected chi connectivity index (χ2v) is 6.29. The number of primary amides is 1. The quantitative estimate of drug-likeness (QED) is 0.572. The molecule has 0 aliphatic heterocycles. The third-order valence-electron chi connectivity index (χ3n) is 2.77. The smallest absolute Gasteiger partial charge is 0.276 e. The first-order valence-corrected chi connectivity index (χ1v) is 8.17. The van der Waals surface area contributed by atoms with E-state index in [9.17, 15) is 17.6 Å². The monoisotopic (exact) mass is 351 g/mol. The Morgan fingerprint density at radius 1 is 1.17 bits per heavy atom. The molecule has 126 valence electrons. The molecule has 7 nitrogen and oxygen atoms in total. The number of nitrogens with zero attached hydrogens (tertiary/aromatic N) is 1. The second kappa shape index (κ2) is 7.55. The van der Waals surface area contributed by atoms with Gasteiger partial charge in [0.1, 0.15) is 11.6 Å². The van der Waals surface area contributed by atoms with Gasteiger partial charge >= 0.3 is 0 Å². The first-order chi connectivity index (χ1) is 11.4. The molecule has 2 rings (SSSR count). The molecule has 1 amide bonds. The number of sulfonamides is 1. The first-order valence-electron chi connectivity index (χ1n) is 6.68. The Morgan fingerprint density at radius 2 is 1.79 bits per heavy atom. The second-order valence-electron chi connectivity index (χ2n) is 4.63. The van der Waals surface area contributed by atoms with Gasteiger partial charge in [0.15, 0.2) is 6.61 Å². The fourth-order valence-electron chi connectivity index (χ4n) is 1.64. The van der Waals surface area contributed by atoms with Crippen molar-refractivity contribution in [2.45, 2.75) is 4.90 Å². The molecule has 9 heteroatoms. The van der Waals surface area contributed by atoms with Crippen molar-refractivity contribution in [1.29, 1.82) is 0 Å². The molecule has 0 fully saturated rings. The van der Waals surface area contributed by atoms with Crippen molar-refractivity contribution in [3.63, 3.8) is 0 Å². The highest BCUT2D eigenvalue weighted by Crippen LogP contribution is 2.11. The number of hydrogen-bond donors (Lipinski definition) is 2. The van der Waals surface area contributed by atoms with Crippen LogP contribution in [0.4, 0.5) is 4.39 Å². The summed E-state index contributed by atoms with van der Waals surface area (Å²) in [6.45, 7) is -0.231. The van der Waals surface area contributed by atoms with Gasteiger partial charge in [-0.15, -0.1) is 0 Å². The predicted molar refractivity (Wildman–Crippen MR) is 85.4 cm³/mol. The van der Waals surface area contributed by atoms with Gasteiger partial charge in [0.05, 0.1) is 11.1 Å². The highest BCUT2D eigenvalue weighted by Gasteiger charge is 2.12. The van der Waals surface area contributed by atoms with E-state index in [0.29, 0.717) is 11.3 Å². The summed E-state index contributed by atoms with van der Waals surface area (Å²) in [5.74, 6) is -0.676. The minimum absolute atomic E-state index is 0.101. The van der Waals surface area contributed by atoms with Gasteiger partial charge in [0, 0.05) is 0 Å². The molecule has 0 heterocycles. The molecule has 2 aromatic carbocycles. The summed E-state index contributed by atoms with van der Waals surface area (Å²) < 4.78 is 41.7. The number of hydrazone groups is 1. The van der Waals surface area contributed by atoms with Crippen molar-refractivity contribution in [3.05, 3.63) is 59.9 Å². The van der Waals surface area contributed by atoms with Crippen molar-refractivity contribution in [2.24, 2.45) is 10.8 Å². The third kappa shape index (κ3) is 5.06. The van der Waals surface area contributed by atoms with E-state index in [-0.39, 0.29) is 11.5 Å². The average Bonchev–Trinajstić information content (AvgIpc) is 2.54. The zero-order chi connectivity index (χ0) is 17.6. The maximum absolute atomic E-state index is 12.8. The summed E-state index contributed by atoms with van der Waals surface area (Å²) >= 11 is 0. The van der Waals surface area contributed by atoms with Crippen LogP contribution in [-0.2, 0) is 14.8 Å². The van der Waals surface area contributed by atoms with Crippen molar-refractivity contribution >= 4 is 22.1 Å². The van der Waals surface area contributed by atoms with Gasteiger partial charge in [-0.1, -0.05) is 0 Å². The molecule has 0 aromatic heterocycles. The van der Waals surface area contributed by atoms with E-state index in [1.807, 2.05) is 4.83 Å². The lowest BCUT2D eigenvalue weighted by Gasteiger charge is -2.04. The molecule has 0 saturated heterocycles. The Morgan fingerprint density at radius 3 is 2.38 bits per heavy atom. The van der Waals surface area contributed by atoms with Gasteiger partial charge in [0.2, 0.25) is 0 Å². The number of rotatable bonds is 7. The Kier molecular flexibility index (Phi) is 5.48. The molecular weight excluding hydrogens is 337 g/mol. The molecule has 0 spiro atoms. The summed E-state index contributed by atoms with van der Waals surface area (Å²) in [4.78, 5) is 12.5. The lowest BCUT2D eigenvalue weighted by Crippen LogP contribution is -2.20. The Labute approximate surface area is 138 Å². The van der Waals surface area contributed by atoms with Gasteiger partial charge in [-0.2, -0.15) is 13.5 Å². The normalized spacial score (nSPS) is 11.4. The van der Waals surface area contributed by atoms with E-state index in [2.05, 4.69) is 5.10 Å². The summed E-state index contributed by atoms with van der Waals surface area (Å²) in [6, 6.07) is 10.8. The first kappa shape index (κ1) is 17.4. The van der Waals surface area contributed by atoms with E-state index in [0.717, 1.165) is 24.3 Å². The van der Waals surface area contributed by atoms with Gasteiger partial charge < -0.3 is 10.5 Å². The molecule has 24 heavy (non-hydrogen) atoms. The molecule has 0 atom stereocenters. The minimum Gasteiger partial charge on any atom is -0.484 e. The van der Waals surface area contributed by atoms with Crippen molar-refractivity contribution in [1.82, 2.24) is 4.83 Å². The molecule has 3 N–H and O–H groups in total. The summed E-state index contributed by atoms with van der Waals surface area (Å²) in [6.07, 6.45) is 1.29. The van der Waals surface area contributed by atoms with Crippen LogP contribution < -0.4 is 15.3 Å². The SMILES string of the molecule is NC(=O)COc1ccc(/C=N/NS(=O)(=O)c2ccc(F)cc2)cc1. The Hall–Kier alpha value is -2.94. The average molecular weight is 351 g/mol. The molecule has 0 radical (unpaired) electrons. The summed E-state index contributed by atoms with van der Waals surface area (Å²) in [7, 11) is -3.86. The van der Waals surface area contributed by atoms with Crippen LogP contribution >= 0.6 is 0 Å². The van der Waals surface area contributed by atoms with E-state index in [1.165, 1.54) is 6.21 Å². The number of halogens is 1. The third-order valence-corrected chi connectivity index (χ3v) is 4.01. The van der Waals surface area contributed by atoms with Crippen LogP contribution in [0.5, 0.6) is 5.75 Å². The van der Waals surface area contributed by atoms with Gasteiger partial charge in [0.25, 0.3) is 15.9 Å². The number of benzene rings is 2. The molecule has 0 aliphatic carbocycles. The number of ether oxygens (including phenoxy) is 1. The van der Waals surface area contributed by atoms with Crippen LogP contribution in [-0.4, -0.2) is 27.1 Å². The van der Waals surface area contributed by atoms with Crippen LogP contribution in [0, 0.1) is 5.82 Å². The highest BCUT2D eigenvalue weighted by atomic mass is 32.2. The fraction of sp³-hybridized carbons (Fsp3) is 0.0667. The molecule has 0 bridgehead atoms. The van der Waals surface area contributed by atoms with E-state index in [1.54, 1.807) is 24.3 Å². The Bertz CT molecular complexity index is 834. The number of nitrogens with one attached hydrogen (secondary N) is 1. The number of nitrogens with two attached hydrogens (primary N) is 1. The number of amides is 1. The molecule has 0 aliphatic rings. The van der Waals surface area contributed by atoms with E-state index < -0.39 is 21.7 Å². The van der Waals surface area contributed by atoms with Crippen LogP contribution in [0.15, 0.2) is 58.5 Å². The maximum atomic E-state index is 12.8. The van der Waals surface area contributed by atoms with Crippen LogP contribution in [0.2, 0.25) is 0 Å². The topological polar surface area (TPSA) is 111 Å². The number of carbonyl (C=O) groups is 1. The van der Waals surface area contributed by atoms with Crippen molar-refractivity contribution in [2.75, 3.05) is 6.61 Å². The standard InChI is InChI=1S/C15H14FN3O4S/c16-12-3-7-14(8-4-12)24(21,22)19-18-9-11-1-5-13(6-2-11)23-10-15(17)20/h1-9,19H,10H2,(H2,17,20)/b18-9+. The molecule has 0 unspecified atom stereocenters. The molecule has 2 aromatic rings. The van der Waals surface area contributed by atoms with Crippen LogP contribution in [0.1, 0.15) is 5.56 Å². The van der Waals surface area contributed by atoms with Crippen molar-refractivity contribution < 1.29 is 22.3 Å². The van der Waals surface area contributed by atoms with E-state index in [4.69, 9.17) is 10.5 Å². The minimum atomic E-state index is -3.86. The number of hydrogen-bond acceptors (Lipinski definition) is 5. The maximum Gasteiger partial charge on any atom is 0.276 e. The number of carbonyl (C=O) groups excluding carboxylic acids is 1. The lowest BCUT2D eigenvalue weighted by atomic mass is 10.2. The lowest BCUT2D eigenvalue weighted by molar-refractivity contribution is -0.119. The molecular formula is C15H14FN3O4S. The molecule has 0 saturated carbocycles. The van der Waals surface area contributed by atoms with Crippen LogP contribution in [0.3, 0.4) is 0 Å². The summed E-state index contributed by atoms with van der Waals surface area (Å²) in [5.41, 5.74) is 5.56. The predicted octanol–water partition coefficient (Wildman–Crippen LogP) is 1.00. The van der Waals surface area contributed by atoms with Gasteiger partial charge in [-0.25, -0.2) is 9.22 Å². The van der Waals surface area contributed by atoms with Gasteiger partial charge in [-0.05, 0) is 54.1 Å². The zero-order valence-electron chi connectivity index (χ0n) is 12.3. The van der Waals surface area contributed by atoms with Crippen molar-refractivity contribution in [3.8, 4) is 5.75 Å². The van der Waals surface area contributed by atoms with E-state index >= 15 is 0 Å². The van der Waals surface area contributed by atoms with Crippen LogP contribution in [0.25, 0.3) is 0 Å². The zero-order valence-corrected chi connectivity index (χ0v) is 13.2.